The van der Waals surface area contributed by atoms with E-state index in [1.54, 1.807) is 11.3 Å². The molecule has 126 valence electrons. The smallest absolute Gasteiger partial charge is 0.266 e. The second kappa shape index (κ2) is 5.82. The molecular weight excluding hydrogens is 342 g/mol. The van der Waals surface area contributed by atoms with E-state index in [0.717, 1.165) is 21.2 Å². The Bertz CT molecular complexity index is 1100. The zero-order valence-corrected chi connectivity index (χ0v) is 15.9. The van der Waals surface area contributed by atoms with E-state index in [2.05, 4.69) is 9.97 Å². The fraction of sp³-hybridized carbons (Fsp3) is 0.353. The molecule has 1 N–H and O–H groups in total. The predicted octanol–water partition coefficient (Wildman–Crippen LogP) is 1.99. The first-order valence-corrected chi connectivity index (χ1v) is 9.20. The van der Waals surface area contributed by atoms with E-state index in [4.69, 9.17) is 0 Å². The average Bonchev–Trinajstić information content (AvgIpc) is 3.05. The standard InChI is InChI=1S/C17H19N3O2S2/c1-9-8-20-11(10(2)18-16(20)23-9)6-12-15(22)19-14(24-12)7-13(21)17(3,4)5/h6-8H,1-5H3,(H,19,22)/b12-6-,14-7+. The first-order chi connectivity index (χ1) is 11.1. The molecule has 5 nitrogen and oxygen atoms in total. The molecule has 3 aromatic heterocycles. The highest BCUT2D eigenvalue weighted by molar-refractivity contribution is 7.17. The van der Waals surface area contributed by atoms with Gasteiger partial charge in [-0.2, -0.15) is 0 Å². The molecule has 0 aliphatic carbocycles. The van der Waals surface area contributed by atoms with Gasteiger partial charge in [-0.3, -0.25) is 14.0 Å². The molecule has 0 saturated carbocycles. The van der Waals surface area contributed by atoms with Crippen LogP contribution in [-0.4, -0.2) is 20.2 Å². The molecule has 0 aromatic carbocycles. The Labute approximate surface area is 147 Å². The number of nitrogens with zero attached hydrogens (tertiary/aromatic N) is 2. The molecule has 0 atom stereocenters. The molecule has 3 heterocycles. The summed E-state index contributed by atoms with van der Waals surface area (Å²) in [5, 5.41) is 0. The molecule has 0 saturated heterocycles. The number of Topliss-reactive ketones (excluding diaryl/α,β-unsaturated/α-hetero) is 1. The van der Waals surface area contributed by atoms with Crippen LogP contribution in [0.15, 0.2) is 11.0 Å². The van der Waals surface area contributed by atoms with Gasteiger partial charge in [0.05, 0.1) is 20.6 Å². The van der Waals surface area contributed by atoms with Crippen molar-refractivity contribution >= 4 is 45.6 Å². The number of thiazole rings is 2. The fourth-order valence-electron chi connectivity index (χ4n) is 2.24. The van der Waals surface area contributed by atoms with Crippen molar-refractivity contribution in [3.05, 3.63) is 42.0 Å². The van der Waals surface area contributed by atoms with E-state index >= 15 is 0 Å². The van der Waals surface area contributed by atoms with Gasteiger partial charge in [0.1, 0.15) is 0 Å². The van der Waals surface area contributed by atoms with Crippen molar-refractivity contribution in [2.75, 3.05) is 0 Å². The Balaban J connectivity index is 2.15. The lowest BCUT2D eigenvalue weighted by atomic mass is 9.91. The SMILES string of the molecule is Cc1cn2c(/C=c3\s/c(=C/C(=O)C(C)(C)C)[nH]c3=O)c(C)nc2s1. The summed E-state index contributed by atoms with van der Waals surface area (Å²) in [6.07, 6.45) is 5.37. The van der Waals surface area contributed by atoms with Crippen LogP contribution in [0.3, 0.4) is 0 Å². The number of hydrogen-bond donors (Lipinski definition) is 1. The number of imidazole rings is 1. The summed E-state index contributed by atoms with van der Waals surface area (Å²) in [5.74, 6) is -0.0112. The lowest BCUT2D eigenvalue weighted by Gasteiger charge is -2.12. The van der Waals surface area contributed by atoms with Crippen molar-refractivity contribution in [2.45, 2.75) is 34.6 Å². The van der Waals surface area contributed by atoms with Crippen LogP contribution in [-0.2, 0) is 4.79 Å². The minimum atomic E-state index is -0.465. The van der Waals surface area contributed by atoms with E-state index in [-0.39, 0.29) is 11.3 Å². The first-order valence-electron chi connectivity index (χ1n) is 7.57. The lowest BCUT2D eigenvalue weighted by Crippen LogP contribution is -2.22. The maximum Gasteiger partial charge on any atom is 0.266 e. The van der Waals surface area contributed by atoms with Gasteiger partial charge in [0, 0.05) is 22.6 Å². The van der Waals surface area contributed by atoms with Crippen molar-refractivity contribution < 1.29 is 4.79 Å². The zero-order chi connectivity index (χ0) is 17.6. The number of carbonyl (C=O) groups excluding carboxylic acids is 1. The van der Waals surface area contributed by atoms with Gasteiger partial charge in [0.15, 0.2) is 10.7 Å². The van der Waals surface area contributed by atoms with Gasteiger partial charge in [0.25, 0.3) is 5.56 Å². The highest BCUT2D eigenvalue weighted by Gasteiger charge is 2.18. The topological polar surface area (TPSA) is 67.2 Å². The molecule has 24 heavy (non-hydrogen) atoms. The predicted molar refractivity (Wildman–Crippen MR) is 99.2 cm³/mol. The van der Waals surface area contributed by atoms with Gasteiger partial charge < -0.3 is 4.98 Å². The second-order valence-electron chi connectivity index (χ2n) is 6.76. The van der Waals surface area contributed by atoms with Gasteiger partial charge in [0.2, 0.25) is 0 Å². The summed E-state index contributed by atoms with van der Waals surface area (Å²) in [6, 6.07) is 0. The minimum absolute atomic E-state index is 0.0112. The molecule has 3 rings (SSSR count). The summed E-state index contributed by atoms with van der Waals surface area (Å²) >= 11 is 2.91. The third-order valence-electron chi connectivity index (χ3n) is 3.61. The number of ketones is 1. The molecular formula is C17H19N3O2S2. The maximum absolute atomic E-state index is 12.2. The molecule has 0 aliphatic rings. The Kier molecular flexibility index (Phi) is 4.09. The summed E-state index contributed by atoms with van der Waals surface area (Å²) in [4.78, 5) is 33.7. The molecule has 0 spiro atoms. The normalized spacial score (nSPS) is 14.0. The largest absolute Gasteiger partial charge is 0.313 e. The summed E-state index contributed by atoms with van der Waals surface area (Å²) in [7, 11) is 0. The van der Waals surface area contributed by atoms with Crippen molar-refractivity contribution in [3.8, 4) is 0 Å². The van der Waals surface area contributed by atoms with E-state index in [1.165, 1.54) is 17.4 Å². The number of rotatable bonds is 2. The summed E-state index contributed by atoms with van der Waals surface area (Å²) < 4.78 is 3.14. The van der Waals surface area contributed by atoms with E-state index in [9.17, 15) is 9.59 Å². The molecule has 0 bridgehead atoms. The third kappa shape index (κ3) is 3.14. The van der Waals surface area contributed by atoms with Crippen molar-refractivity contribution in [1.82, 2.24) is 14.4 Å². The van der Waals surface area contributed by atoms with Gasteiger partial charge >= 0.3 is 0 Å². The van der Waals surface area contributed by atoms with E-state index in [0.29, 0.717) is 9.20 Å². The van der Waals surface area contributed by atoms with Gasteiger partial charge in [-0.25, -0.2) is 4.98 Å². The van der Waals surface area contributed by atoms with Crippen LogP contribution in [0.4, 0.5) is 0 Å². The highest BCUT2D eigenvalue weighted by Crippen LogP contribution is 2.21. The number of nitrogens with one attached hydrogen (secondary N) is 1. The Morgan fingerprint density at radius 1 is 1.29 bits per heavy atom. The number of hydrogen-bond acceptors (Lipinski definition) is 5. The number of aryl methyl sites for hydroxylation is 2. The number of H-pyrrole nitrogens is 1. The first kappa shape index (κ1) is 16.9. The molecule has 3 aromatic rings. The zero-order valence-electron chi connectivity index (χ0n) is 14.3. The van der Waals surface area contributed by atoms with Gasteiger partial charge in [-0.05, 0) is 19.9 Å². The van der Waals surface area contributed by atoms with Crippen LogP contribution in [0.25, 0.3) is 17.1 Å². The van der Waals surface area contributed by atoms with Gasteiger partial charge in [-0.15, -0.1) is 22.7 Å². The lowest BCUT2D eigenvalue weighted by molar-refractivity contribution is -0.119. The van der Waals surface area contributed by atoms with E-state index in [1.807, 2.05) is 51.3 Å². The Morgan fingerprint density at radius 2 is 2.00 bits per heavy atom. The Morgan fingerprint density at radius 3 is 2.67 bits per heavy atom. The molecule has 7 heteroatoms. The third-order valence-corrected chi connectivity index (χ3v) is 5.47. The number of aromatic nitrogens is 3. The highest BCUT2D eigenvalue weighted by atomic mass is 32.1. The van der Waals surface area contributed by atoms with Crippen molar-refractivity contribution in [1.29, 1.82) is 0 Å². The number of fused-ring (bicyclic) bond motifs is 1. The number of carbonyl (C=O) groups is 1. The molecule has 0 fully saturated rings. The van der Waals surface area contributed by atoms with Gasteiger partial charge in [-0.1, -0.05) is 20.8 Å². The minimum Gasteiger partial charge on any atom is -0.313 e. The quantitative estimate of drug-likeness (QED) is 0.759. The van der Waals surface area contributed by atoms with Crippen LogP contribution >= 0.6 is 22.7 Å². The van der Waals surface area contributed by atoms with E-state index < -0.39 is 5.41 Å². The summed E-state index contributed by atoms with van der Waals surface area (Å²) in [6.45, 7) is 9.53. The monoisotopic (exact) mass is 361 g/mol. The van der Waals surface area contributed by atoms with Crippen molar-refractivity contribution in [3.63, 3.8) is 0 Å². The molecule has 0 amide bonds. The average molecular weight is 361 g/mol. The van der Waals surface area contributed by atoms with Crippen LogP contribution < -0.4 is 14.8 Å². The van der Waals surface area contributed by atoms with Crippen LogP contribution in [0, 0.1) is 19.3 Å². The van der Waals surface area contributed by atoms with Crippen molar-refractivity contribution in [2.24, 2.45) is 5.41 Å². The maximum atomic E-state index is 12.2. The molecule has 0 radical (unpaired) electrons. The molecule has 0 unspecified atom stereocenters. The number of aromatic amines is 1. The second-order valence-corrected chi connectivity index (χ2v) is 9.06. The summed E-state index contributed by atoms with van der Waals surface area (Å²) in [5.41, 5.74) is 1.13. The molecule has 0 aliphatic heterocycles. The van der Waals surface area contributed by atoms with Crippen LogP contribution in [0.1, 0.15) is 37.0 Å². The van der Waals surface area contributed by atoms with Crippen LogP contribution in [0.5, 0.6) is 0 Å². The Hall–Kier alpha value is -1.99. The fourth-order valence-corrected chi connectivity index (χ4v) is 3.98. The van der Waals surface area contributed by atoms with Crippen LogP contribution in [0.2, 0.25) is 0 Å².